The summed E-state index contributed by atoms with van der Waals surface area (Å²) in [6.07, 6.45) is 0.430. The molecule has 0 amide bonds. The van der Waals surface area contributed by atoms with E-state index in [1.807, 2.05) is 47.9 Å². The average Bonchev–Trinajstić information content (AvgIpc) is 2.77. The summed E-state index contributed by atoms with van der Waals surface area (Å²) < 4.78 is 1.95. The van der Waals surface area contributed by atoms with Gasteiger partial charge in [0, 0.05) is 0 Å². The van der Waals surface area contributed by atoms with Crippen LogP contribution in [0.3, 0.4) is 0 Å². The molecule has 0 unspecified atom stereocenters. The number of aromatic nitrogens is 4. The molecule has 3 aromatic rings. The fraction of sp³-hybridized carbons (Fsp3) is 0.143. The van der Waals surface area contributed by atoms with E-state index in [0.717, 1.165) is 28.4 Å². The lowest BCUT2D eigenvalue weighted by Gasteiger charge is -2.07. The Morgan fingerprint density at radius 1 is 1.20 bits per heavy atom. The van der Waals surface area contributed by atoms with E-state index < -0.39 is 0 Å². The molecule has 0 bridgehead atoms. The van der Waals surface area contributed by atoms with Crippen molar-refractivity contribution in [3.8, 4) is 5.82 Å². The standard InChI is InChI=1S/C14H13N5S/c1-9-6-7-13(18-17-9)19-11-5-3-2-4-10(11)16-14(19)8-12(15)20/h2-7H,8H2,1H3,(H2,15,20). The fourth-order valence-corrected chi connectivity index (χ4v) is 2.25. The Morgan fingerprint density at radius 3 is 2.70 bits per heavy atom. The van der Waals surface area contributed by atoms with Gasteiger partial charge in [0.15, 0.2) is 5.82 Å². The van der Waals surface area contributed by atoms with Crippen LogP contribution in [0.2, 0.25) is 0 Å². The van der Waals surface area contributed by atoms with Gasteiger partial charge in [0.2, 0.25) is 0 Å². The average molecular weight is 283 g/mol. The second kappa shape index (κ2) is 4.97. The summed E-state index contributed by atoms with van der Waals surface area (Å²) in [5.74, 6) is 1.49. The molecule has 0 aliphatic heterocycles. The first-order valence-corrected chi connectivity index (χ1v) is 6.61. The second-order valence-corrected chi connectivity index (χ2v) is 5.05. The Kier molecular flexibility index (Phi) is 3.15. The summed E-state index contributed by atoms with van der Waals surface area (Å²) in [5.41, 5.74) is 8.39. The lowest BCUT2D eigenvalue weighted by molar-refractivity contribution is 0.868. The molecule has 2 aromatic heterocycles. The van der Waals surface area contributed by atoms with Crippen LogP contribution >= 0.6 is 12.2 Å². The van der Waals surface area contributed by atoms with Crippen molar-refractivity contribution in [2.75, 3.05) is 0 Å². The highest BCUT2D eigenvalue weighted by Crippen LogP contribution is 2.20. The lowest BCUT2D eigenvalue weighted by atomic mass is 10.3. The highest BCUT2D eigenvalue weighted by Gasteiger charge is 2.13. The molecule has 0 fully saturated rings. The molecule has 6 heteroatoms. The summed E-state index contributed by atoms with van der Waals surface area (Å²) in [6.45, 7) is 1.90. The van der Waals surface area contributed by atoms with Gasteiger partial charge in [0.1, 0.15) is 5.82 Å². The molecule has 20 heavy (non-hydrogen) atoms. The van der Waals surface area contributed by atoms with E-state index in [1.54, 1.807) is 0 Å². The molecule has 100 valence electrons. The fourth-order valence-electron chi connectivity index (χ4n) is 2.12. The molecule has 0 spiro atoms. The number of fused-ring (bicyclic) bond motifs is 1. The van der Waals surface area contributed by atoms with Crippen molar-refractivity contribution >= 4 is 28.2 Å². The number of thiocarbonyl (C=S) groups is 1. The molecule has 0 saturated carbocycles. The first-order chi connectivity index (χ1) is 9.65. The van der Waals surface area contributed by atoms with Crippen LogP contribution in [0.15, 0.2) is 36.4 Å². The van der Waals surface area contributed by atoms with Gasteiger partial charge in [-0.2, -0.15) is 5.10 Å². The topological polar surface area (TPSA) is 69.6 Å². The van der Waals surface area contributed by atoms with Crippen LogP contribution in [-0.2, 0) is 6.42 Å². The van der Waals surface area contributed by atoms with E-state index in [1.165, 1.54) is 0 Å². The predicted octanol–water partition coefficient (Wildman–Crippen LogP) is 1.95. The van der Waals surface area contributed by atoms with E-state index in [2.05, 4.69) is 15.2 Å². The molecule has 0 aliphatic carbocycles. The van der Waals surface area contributed by atoms with Gasteiger partial charge in [-0.05, 0) is 31.2 Å². The minimum atomic E-state index is 0.404. The van der Waals surface area contributed by atoms with Crippen molar-refractivity contribution in [3.63, 3.8) is 0 Å². The molecular weight excluding hydrogens is 270 g/mol. The van der Waals surface area contributed by atoms with Gasteiger partial charge in [-0.15, -0.1) is 5.10 Å². The van der Waals surface area contributed by atoms with Gasteiger partial charge in [0.25, 0.3) is 0 Å². The first kappa shape index (κ1) is 12.7. The van der Waals surface area contributed by atoms with E-state index in [9.17, 15) is 0 Å². The van der Waals surface area contributed by atoms with E-state index in [0.29, 0.717) is 11.4 Å². The number of nitrogens with zero attached hydrogens (tertiary/aromatic N) is 4. The van der Waals surface area contributed by atoms with Crippen molar-refractivity contribution < 1.29 is 0 Å². The van der Waals surface area contributed by atoms with Crippen LogP contribution in [-0.4, -0.2) is 24.7 Å². The third-order valence-electron chi connectivity index (χ3n) is 2.98. The molecule has 0 saturated heterocycles. The zero-order valence-electron chi connectivity index (χ0n) is 10.9. The summed E-state index contributed by atoms with van der Waals surface area (Å²) in [4.78, 5) is 4.98. The Hall–Kier alpha value is -2.34. The molecule has 2 N–H and O–H groups in total. The largest absolute Gasteiger partial charge is 0.393 e. The summed E-state index contributed by atoms with van der Waals surface area (Å²) in [6, 6.07) is 11.7. The number of imidazole rings is 1. The predicted molar refractivity (Wildman–Crippen MR) is 81.9 cm³/mol. The Balaban J connectivity index is 2.25. The van der Waals surface area contributed by atoms with Crippen molar-refractivity contribution in [2.45, 2.75) is 13.3 Å². The van der Waals surface area contributed by atoms with E-state index >= 15 is 0 Å². The number of benzene rings is 1. The number of aryl methyl sites for hydroxylation is 1. The smallest absolute Gasteiger partial charge is 0.161 e. The van der Waals surface area contributed by atoms with E-state index in [-0.39, 0.29) is 0 Å². The van der Waals surface area contributed by atoms with Gasteiger partial charge in [-0.3, -0.25) is 4.57 Å². The first-order valence-electron chi connectivity index (χ1n) is 6.20. The summed E-state index contributed by atoms with van der Waals surface area (Å²) >= 11 is 5.00. The van der Waals surface area contributed by atoms with Gasteiger partial charge >= 0.3 is 0 Å². The van der Waals surface area contributed by atoms with Crippen LogP contribution < -0.4 is 5.73 Å². The van der Waals surface area contributed by atoms with Gasteiger partial charge in [0.05, 0.1) is 28.1 Å². The second-order valence-electron chi connectivity index (χ2n) is 4.53. The molecule has 3 rings (SSSR count). The maximum atomic E-state index is 5.66. The van der Waals surface area contributed by atoms with Crippen LogP contribution in [0, 0.1) is 6.92 Å². The maximum absolute atomic E-state index is 5.66. The number of hydrogen-bond acceptors (Lipinski definition) is 4. The zero-order valence-corrected chi connectivity index (χ0v) is 11.8. The Bertz CT molecular complexity index is 776. The van der Waals surface area contributed by atoms with Crippen molar-refractivity contribution in [1.82, 2.24) is 19.7 Å². The van der Waals surface area contributed by atoms with Crippen LogP contribution in [0.4, 0.5) is 0 Å². The number of para-hydroxylation sites is 2. The van der Waals surface area contributed by atoms with Crippen molar-refractivity contribution in [2.24, 2.45) is 5.73 Å². The maximum Gasteiger partial charge on any atom is 0.161 e. The molecule has 0 atom stereocenters. The van der Waals surface area contributed by atoms with Crippen LogP contribution in [0.25, 0.3) is 16.9 Å². The third kappa shape index (κ3) is 2.25. The highest BCUT2D eigenvalue weighted by atomic mass is 32.1. The quantitative estimate of drug-likeness (QED) is 0.744. The number of rotatable bonds is 3. The molecule has 0 radical (unpaired) electrons. The summed E-state index contributed by atoms with van der Waals surface area (Å²) in [7, 11) is 0. The van der Waals surface area contributed by atoms with Gasteiger partial charge in [-0.25, -0.2) is 4.98 Å². The molecule has 0 aliphatic rings. The third-order valence-corrected chi connectivity index (χ3v) is 3.12. The Morgan fingerprint density at radius 2 is 2.00 bits per heavy atom. The highest BCUT2D eigenvalue weighted by molar-refractivity contribution is 7.80. The molecule has 2 heterocycles. The molecule has 5 nitrogen and oxygen atoms in total. The lowest BCUT2D eigenvalue weighted by Crippen LogP contribution is -2.15. The normalized spacial score (nSPS) is 10.8. The SMILES string of the molecule is Cc1ccc(-n2c(CC(N)=S)nc3ccccc32)nn1. The van der Waals surface area contributed by atoms with Gasteiger partial charge < -0.3 is 5.73 Å². The van der Waals surface area contributed by atoms with E-state index in [4.69, 9.17) is 18.0 Å². The molecule has 1 aromatic carbocycles. The Labute approximate surface area is 121 Å². The molecular formula is C14H13N5S. The van der Waals surface area contributed by atoms with Crippen LogP contribution in [0.5, 0.6) is 0 Å². The van der Waals surface area contributed by atoms with Crippen LogP contribution in [0.1, 0.15) is 11.5 Å². The monoisotopic (exact) mass is 283 g/mol. The van der Waals surface area contributed by atoms with Crippen molar-refractivity contribution in [3.05, 3.63) is 47.9 Å². The van der Waals surface area contributed by atoms with Crippen molar-refractivity contribution in [1.29, 1.82) is 0 Å². The number of nitrogens with two attached hydrogens (primary N) is 1. The zero-order chi connectivity index (χ0) is 14.1. The summed E-state index contributed by atoms with van der Waals surface area (Å²) in [5, 5.41) is 8.33. The minimum Gasteiger partial charge on any atom is -0.393 e. The van der Waals surface area contributed by atoms with Gasteiger partial charge in [-0.1, -0.05) is 24.4 Å². The number of hydrogen-bond donors (Lipinski definition) is 1. The minimum absolute atomic E-state index is 0.404.